The van der Waals surface area contributed by atoms with Crippen molar-refractivity contribution in [3.8, 4) is 0 Å². The molecule has 100 valence electrons. The van der Waals surface area contributed by atoms with Gasteiger partial charge in [-0.3, -0.25) is 0 Å². The Balaban J connectivity index is 0.00000133. The van der Waals surface area contributed by atoms with Gasteiger partial charge in [0, 0.05) is 18.3 Å². The van der Waals surface area contributed by atoms with Gasteiger partial charge in [0.25, 0.3) is 0 Å². The minimum Gasteiger partial charge on any atom is -1.00 e. The van der Waals surface area contributed by atoms with E-state index in [4.69, 9.17) is 0 Å². The molecule has 0 atom stereocenters. The third-order valence-corrected chi connectivity index (χ3v) is 4.35. The number of quaternary nitrogens is 1. The summed E-state index contributed by atoms with van der Waals surface area (Å²) in [6.45, 7) is 0. The SMILES string of the molecule is C[NH2+]C1CC(c2ccccc2)(c2ccccc2)C1.[Cl-]. The van der Waals surface area contributed by atoms with Crippen LogP contribution in [0.25, 0.3) is 0 Å². The molecule has 1 aliphatic rings. The van der Waals surface area contributed by atoms with Crippen LogP contribution in [0.3, 0.4) is 0 Å². The zero-order valence-corrected chi connectivity index (χ0v) is 12.0. The van der Waals surface area contributed by atoms with Crippen LogP contribution < -0.4 is 17.7 Å². The van der Waals surface area contributed by atoms with Gasteiger partial charge in [-0.1, -0.05) is 60.7 Å². The van der Waals surface area contributed by atoms with E-state index in [-0.39, 0.29) is 17.8 Å². The van der Waals surface area contributed by atoms with Gasteiger partial charge in [0.05, 0.1) is 13.1 Å². The number of rotatable bonds is 3. The molecule has 1 nitrogen and oxygen atoms in total. The molecule has 1 aliphatic carbocycles. The van der Waals surface area contributed by atoms with Crippen LogP contribution in [0.15, 0.2) is 60.7 Å². The summed E-state index contributed by atoms with van der Waals surface area (Å²) in [5.74, 6) is 0. The van der Waals surface area contributed by atoms with Crippen LogP contribution in [-0.4, -0.2) is 13.1 Å². The zero-order valence-electron chi connectivity index (χ0n) is 11.2. The highest BCUT2D eigenvalue weighted by atomic mass is 35.5. The molecule has 19 heavy (non-hydrogen) atoms. The normalized spacial score (nSPS) is 17.3. The molecule has 0 spiro atoms. The minimum absolute atomic E-state index is 0. The maximum absolute atomic E-state index is 2.35. The van der Waals surface area contributed by atoms with Gasteiger partial charge in [0.2, 0.25) is 0 Å². The lowest BCUT2D eigenvalue weighted by Crippen LogP contribution is -3.00. The van der Waals surface area contributed by atoms with Crippen molar-refractivity contribution in [2.45, 2.75) is 24.3 Å². The van der Waals surface area contributed by atoms with E-state index in [1.54, 1.807) is 0 Å². The molecule has 2 aromatic rings. The molecule has 0 saturated heterocycles. The lowest BCUT2D eigenvalue weighted by Gasteiger charge is -2.46. The van der Waals surface area contributed by atoms with Gasteiger partial charge in [-0.2, -0.15) is 0 Å². The summed E-state index contributed by atoms with van der Waals surface area (Å²) < 4.78 is 0. The quantitative estimate of drug-likeness (QED) is 0.764. The molecule has 0 aliphatic heterocycles. The lowest BCUT2D eigenvalue weighted by molar-refractivity contribution is -0.677. The second-order valence-corrected chi connectivity index (χ2v) is 5.32. The standard InChI is InChI=1S/C17H19N.ClH/c1-18-16-12-17(13-16,14-8-4-2-5-9-14)15-10-6-3-7-11-15;/h2-11,16,18H,12-13H2,1H3;1H. The van der Waals surface area contributed by atoms with Crippen molar-refractivity contribution >= 4 is 0 Å². The molecule has 0 bridgehead atoms. The molecular formula is C17H20ClN. The van der Waals surface area contributed by atoms with E-state index in [2.05, 4.69) is 73.0 Å². The first-order valence-corrected chi connectivity index (χ1v) is 6.76. The Labute approximate surface area is 121 Å². The molecule has 3 rings (SSSR count). The monoisotopic (exact) mass is 273 g/mol. The Morgan fingerprint density at radius 3 is 1.63 bits per heavy atom. The maximum atomic E-state index is 2.35. The fourth-order valence-electron chi connectivity index (χ4n) is 3.22. The van der Waals surface area contributed by atoms with Crippen molar-refractivity contribution in [2.75, 3.05) is 7.05 Å². The van der Waals surface area contributed by atoms with Crippen LogP contribution in [-0.2, 0) is 5.41 Å². The summed E-state index contributed by atoms with van der Waals surface area (Å²) in [5.41, 5.74) is 3.18. The first-order chi connectivity index (χ1) is 8.85. The third kappa shape index (κ3) is 2.41. The Hall–Kier alpha value is -1.31. The van der Waals surface area contributed by atoms with Gasteiger partial charge in [-0.25, -0.2) is 0 Å². The van der Waals surface area contributed by atoms with Crippen molar-refractivity contribution in [1.29, 1.82) is 0 Å². The molecule has 0 amide bonds. The van der Waals surface area contributed by atoms with Gasteiger partial charge in [0.15, 0.2) is 0 Å². The Bertz CT molecular complexity index is 462. The summed E-state index contributed by atoms with van der Waals surface area (Å²) in [6.07, 6.45) is 2.50. The lowest BCUT2D eigenvalue weighted by atomic mass is 9.58. The van der Waals surface area contributed by atoms with Gasteiger partial charge in [-0.05, 0) is 11.1 Å². The molecule has 0 aromatic heterocycles. The van der Waals surface area contributed by atoms with Crippen LogP contribution in [0.2, 0.25) is 0 Å². The summed E-state index contributed by atoms with van der Waals surface area (Å²) in [7, 11) is 2.19. The van der Waals surface area contributed by atoms with Crippen molar-refractivity contribution < 1.29 is 17.7 Å². The van der Waals surface area contributed by atoms with E-state index in [0.29, 0.717) is 0 Å². The Kier molecular flexibility index (Phi) is 4.28. The van der Waals surface area contributed by atoms with Crippen molar-refractivity contribution in [1.82, 2.24) is 0 Å². The molecule has 1 fully saturated rings. The predicted octanol–water partition coefficient (Wildman–Crippen LogP) is -0.668. The highest BCUT2D eigenvalue weighted by Crippen LogP contribution is 2.47. The third-order valence-electron chi connectivity index (χ3n) is 4.35. The molecule has 2 heteroatoms. The smallest absolute Gasteiger partial charge is 0.0880 e. The van der Waals surface area contributed by atoms with Gasteiger partial charge in [0.1, 0.15) is 0 Å². The first-order valence-electron chi connectivity index (χ1n) is 6.76. The summed E-state index contributed by atoms with van der Waals surface area (Å²) in [6, 6.07) is 22.7. The van der Waals surface area contributed by atoms with Gasteiger partial charge in [-0.15, -0.1) is 0 Å². The molecule has 0 heterocycles. The molecular weight excluding hydrogens is 254 g/mol. The van der Waals surface area contributed by atoms with E-state index in [1.807, 2.05) is 0 Å². The van der Waals surface area contributed by atoms with Gasteiger partial charge >= 0.3 is 0 Å². The second-order valence-electron chi connectivity index (χ2n) is 5.32. The highest BCUT2D eigenvalue weighted by molar-refractivity contribution is 5.42. The second kappa shape index (κ2) is 5.77. The largest absolute Gasteiger partial charge is 1.00 e. The van der Waals surface area contributed by atoms with Crippen LogP contribution in [0, 0.1) is 0 Å². The van der Waals surface area contributed by atoms with E-state index in [0.717, 1.165) is 6.04 Å². The van der Waals surface area contributed by atoms with E-state index >= 15 is 0 Å². The molecule has 2 N–H and O–H groups in total. The molecule has 1 saturated carbocycles. The van der Waals surface area contributed by atoms with Gasteiger partial charge < -0.3 is 17.7 Å². The summed E-state index contributed by atoms with van der Waals surface area (Å²) in [5, 5.41) is 2.35. The maximum Gasteiger partial charge on any atom is 0.0880 e. The van der Waals surface area contributed by atoms with E-state index in [9.17, 15) is 0 Å². The number of benzene rings is 2. The highest BCUT2D eigenvalue weighted by Gasteiger charge is 2.48. The van der Waals surface area contributed by atoms with E-state index < -0.39 is 0 Å². The minimum atomic E-state index is 0. The van der Waals surface area contributed by atoms with E-state index in [1.165, 1.54) is 24.0 Å². The predicted molar refractivity (Wildman–Crippen MR) is 74.5 cm³/mol. The number of halogens is 1. The zero-order chi connectivity index (χ0) is 12.4. The van der Waals surface area contributed by atoms with Crippen molar-refractivity contribution in [2.24, 2.45) is 0 Å². The van der Waals surface area contributed by atoms with Crippen molar-refractivity contribution in [3.05, 3.63) is 71.8 Å². The van der Waals surface area contributed by atoms with Crippen LogP contribution in [0.4, 0.5) is 0 Å². The topological polar surface area (TPSA) is 16.6 Å². The summed E-state index contributed by atoms with van der Waals surface area (Å²) >= 11 is 0. The average Bonchev–Trinajstić information content (AvgIpc) is 2.41. The van der Waals surface area contributed by atoms with Crippen LogP contribution in [0.5, 0.6) is 0 Å². The fraction of sp³-hybridized carbons (Fsp3) is 0.294. The Morgan fingerprint density at radius 1 is 0.842 bits per heavy atom. The number of nitrogens with two attached hydrogens (primary N) is 1. The number of hydrogen-bond donors (Lipinski definition) is 1. The molecule has 0 unspecified atom stereocenters. The first kappa shape index (κ1) is 14.1. The molecule has 0 radical (unpaired) electrons. The van der Waals surface area contributed by atoms with Crippen LogP contribution in [0.1, 0.15) is 24.0 Å². The molecule has 2 aromatic carbocycles. The fourth-order valence-corrected chi connectivity index (χ4v) is 3.22. The average molecular weight is 274 g/mol. The van der Waals surface area contributed by atoms with Crippen LogP contribution >= 0.6 is 0 Å². The Morgan fingerprint density at radius 2 is 1.26 bits per heavy atom. The number of hydrogen-bond acceptors (Lipinski definition) is 0. The summed E-state index contributed by atoms with van der Waals surface area (Å²) in [4.78, 5) is 0. The van der Waals surface area contributed by atoms with Crippen molar-refractivity contribution in [3.63, 3.8) is 0 Å².